The van der Waals surface area contributed by atoms with E-state index in [0.717, 1.165) is 19.3 Å². The molecule has 0 aromatic carbocycles. The quantitative estimate of drug-likeness (QED) is 0.801. The summed E-state index contributed by atoms with van der Waals surface area (Å²) in [6.07, 6.45) is 4.05. The van der Waals surface area contributed by atoms with Crippen molar-refractivity contribution >= 4 is 15.8 Å². The zero-order chi connectivity index (χ0) is 15.2. The first-order valence-electron chi connectivity index (χ1n) is 7.13. The Kier molecular flexibility index (Phi) is 6.42. The van der Waals surface area contributed by atoms with E-state index in [1.54, 1.807) is 23.5 Å². The third-order valence-corrected chi connectivity index (χ3v) is 5.41. The number of nitrogens with one attached hydrogen (secondary N) is 1. The lowest BCUT2D eigenvalue weighted by atomic mass is 10.2. The molecule has 0 aliphatic rings. The van der Waals surface area contributed by atoms with Gasteiger partial charge in [-0.15, -0.1) is 0 Å². The van der Waals surface area contributed by atoms with Crippen LogP contribution >= 0.6 is 0 Å². The summed E-state index contributed by atoms with van der Waals surface area (Å²) < 4.78 is 27.0. The number of sulfonamides is 1. The van der Waals surface area contributed by atoms with Gasteiger partial charge in [-0.25, -0.2) is 13.4 Å². The SMILES string of the molecule is CCCCN(C(C)CC)S(=O)(=O)c1ccc(NC)nc1. The van der Waals surface area contributed by atoms with Gasteiger partial charge in [-0.2, -0.15) is 4.31 Å². The highest BCUT2D eigenvalue weighted by Gasteiger charge is 2.27. The van der Waals surface area contributed by atoms with Crippen molar-refractivity contribution in [2.45, 2.75) is 51.0 Å². The van der Waals surface area contributed by atoms with Crippen LogP contribution in [0.2, 0.25) is 0 Å². The van der Waals surface area contributed by atoms with Crippen LogP contribution in [0.3, 0.4) is 0 Å². The normalized spacial score (nSPS) is 13.4. The second kappa shape index (κ2) is 7.59. The Morgan fingerprint density at radius 3 is 2.50 bits per heavy atom. The summed E-state index contributed by atoms with van der Waals surface area (Å²) in [6.45, 7) is 6.57. The molecule has 1 unspecified atom stereocenters. The highest BCUT2D eigenvalue weighted by atomic mass is 32.2. The monoisotopic (exact) mass is 299 g/mol. The first-order valence-corrected chi connectivity index (χ1v) is 8.57. The van der Waals surface area contributed by atoms with E-state index >= 15 is 0 Å². The Hall–Kier alpha value is -1.14. The van der Waals surface area contributed by atoms with Gasteiger partial charge in [0.2, 0.25) is 10.0 Å². The van der Waals surface area contributed by atoms with Gasteiger partial charge in [0.05, 0.1) is 0 Å². The highest BCUT2D eigenvalue weighted by Crippen LogP contribution is 2.20. The molecule has 1 heterocycles. The molecule has 0 aliphatic heterocycles. The molecule has 0 fully saturated rings. The maximum atomic E-state index is 12.7. The lowest BCUT2D eigenvalue weighted by Crippen LogP contribution is -2.39. The average Bonchev–Trinajstić information content (AvgIpc) is 2.47. The minimum atomic E-state index is -3.47. The van der Waals surface area contributed by atoms with Crippen LogP contribution in [0.15, 0.2) is 23.2 Å². The lowest BCUT2D eigenvalue weighted by molar-refractivity contribution is 0.324. The van der Waals surface area contributed by atoms with Crippen LogP contribution in [0.25, 0.3) is 0 Å². The molecule has 0 amide bonds. The number of hydrogen-bond donors (Lipinski definition) is 1. The molecule has 1 aromatic heterocycles. The molecule has 6 heteroatoms. The van der Waals surface area contributed by atoms with E-state index < -0.39 is 10.0 Å². The molecule has 1 N–H and O–H groups in total. The van der Waals surface area contributed by atoms with Gasteiger partial charge in [0.15, 0.2) is 0 Å². The number of nitrogens with zero attached hydrogens (tertiary/aromatic N) is 2. The van der Waals surface area contributed by atoms with Crippen molar-refractivity contribution in [3.8, 4) is 0 Å². The molecule has 0 bridgehead atoms. The van der Waals surface area contributed by atoms with Crippen LogP contribution in [-0.4, -0.2) is 37.3 Å². The standard InChI is InChI=1S/C14H25N3O2S/c1-5-7-10-17(12(3)6-2)20(18,19)13-8-9-14(15-4)16-11-13/h8-9,11-12H,5-7,10H2,1-4H3,(H,15,16). The molecule has 114 valence electrons. The summed E-state index contributed by atoms with van der Waals surface area (Å²) in [4.78, 5) is 4.35. The van der Waals surface area contributed by atoms with Gasteiger partial charge in [0.1, 0.15) is 10.7 Å². The highest BCUT2D eigenvalue weighted by molar-refractivity contribution is 7.89. The van der Waals surface area contributed by atoms with Crippen LogP contribution in [-0.2, 0) is 10.0 Å². The molecule has 0 saturated heterocycles. The van der Waals surface area contributed by atoms with E-state index in [1.165, 1.54) is 6.20 Å². The van der Waals surface area contributed by atoms with Gasteiger partial charge in [-0.1, -0.05) is 20.3 Å². The molecular formula is C14H25N3O2S. The summed E-state index contributed by atoms with van der Waals surface area (Å²) in [5.41, 5.74) is 0. The van der Waals surface area contributed by atoms with Gasteiger partial charge >= 0.3 is 0 Å². The first kappa shape index (κ1) is 16.9. The number of aromatic nitrogens is 1. The largest absolute Gasteiger partial charge is 0.373 e. The molecule has 5 nitrogen and oxygen atoms in total. The van der Waals surface area contributed by atoms with Crippen molar-refractivity contribution in [1.82, 2.24) is 9.29 Å². The van der Waals surface area contributed by atoms with E-state index in [4.69, 9.17) is 0 Å². The van der Waals surface area contributed by atoms with Crippen LogP contribution in [0.5, 0.6) is 0 Å². The Morgan fingerprint density at radius 1 is 1.35 bits per heavy atom. The fraction of sp³-hybridized carbons (Fsp3) is 0.643. The molecular weight excluding hydrogens is 274 g/mol. The van der Waals surface area contributed by atoms with Gasteiger partial charge in [-0.3, -0.25) is 0 Å². The van der Waals surface area contributed by atoms with Gasteiger partial charge in [0, 0.05) is 25.8 Å². The molecule has 1 rings (SSSR count). The third kappa shape index (κ3) is 3.93. The lowest BCUT2D eigenvalue weighted by Gasteiger charge is -2.27. The first-order chi connectivity index (χ1) is 9.47. The Balaban J connectivity index is 3.07. The van der Waals surface area contributed by atoms with Crippen molar-refractivity contribution < 1.29 is 8.42 Å². The summed E-state index contributed by atoms with van der Waals surface area (Å²) in [5, 5.41) is 2.88. The molecule has 1 aromatic rings. The van der Waals surface area contributed by atoms with Crippen molar-refractivity contribution in [3.63, 3.8) is 0 Å². The zero-order valence-corrected chi connectivity index (χ0v) is 13.6. The maximum absolute atomic E-state index is 12.7. The number of unbranched alkanes of at least 4 members (excludes halogenated alkanes) is 1. The van der Waals surface area contributed by atoms with Crippen LogP contribution < -0.4 is 5.32 Å². The van der Waals surface area contributed by atoms with Crippen LogP contribution in [0, 0.1) is 0 Å². The minimum Gasteiger partial charge on any atom is -0.373 e. The summed E-state index contributed by atoms with van der Waals surface area (Å²) >= 11 is 0. The van der Waals surface area contributed by atoms with Crippen molar-refractivity contribution in [1.29, 1.82) is 0 Å². The van der Waals surface area contributed by atoms with Crippen molar-refractivity contribution in [2.75, 3.05) is 18.9 Å². The number of hydrogen-bond acceptors (Lipinski definition) is 4. The van der Waals surface area contributed by atoms with E-state index in [1.807, 2.05) is 13.8 Å². The average molecular weight is 299 g/mol. The predicted octanol–water partition coefficient (Wildman–Crippen LogP) is 2.71. The van der Waals surface area contributed by atoms with Crippen molar-refractivity contribution in [3.05, 3.63) is 18.3 Å². The summed E-state index contributed by atoms with van der Waals surface area (Å²) in [7, 11) is -1.71. The summed E-state index contributed by atoms with van der Waals surface area (Å²) in [6, 6.07) is 3.28. The van der Waals surface area contributed by atoms with Crippen molar-refractivity contribution in [2.24, 2.45) is 0 Å². The third-order valence-electron chi connectivity index (χ3n) is 3.41. The van der Waals surface area contributed by atoms with E-state index in [0.29, 0.717) is 12.4 Å². The smallest absolute Gasteiger partial charge is 0.244 e. The Morgan fingerprint density at radius 2 is 2.05 bits per heavy atom. The van der Waals surface area contributed by atoms with Crippen LogP contribution in [0.1, 0.15) is 40.0 Å². The Labute approximate surface area is 122 Å². The topological polar surface area (TPSA) is 62.3 Å². The maximum Gasteiger partial charge on any atom is 0.244 e. The molecule has 0 spiro atoms. The van der Waals surface area contributed by atoms with E-state index in [2.05, 4.69) is 17.2 Å². The number of pyridine rings is 1. The predicted molar refractivity (Wildman–Crippen MR) is 82.3 cm³/mol. The number of anilines is 1. The zero-order valence-electron chi connectivity index (χ0n) is 12.8. The summed E-state index contributed by atoms with van der Waals surface area (Å²) in [5.74, 6) is 0.660. The number of rotatable bonds is 8. The van der Waals surface area contributed by atoms with Gasteiger partial charge in [-0.05, 0) is 31.9 Å². The Bertz CT molecular complexity index is 500. The van der Waals surface area contributed by atoms with Gasteiger partial charge < -0.3 is 5.32 Å². The second-order valence-corrected chi connectivity index (χ2v) is 6.75. The molecule has 0 aliphatic carbocycles. The second-order valence-electron chi connectivity index (χ2n) is 4.86. The van der Waals surface area contributed by atoms with E-state index in [-0.39, 0.29) is 10.9 Å². The minimum absolute atomic E-state index is 0.00414. The molecule has 0 radical (unpaired) electrons. The van der Waals surface area contributed by atoms with Crippen LogP contribution in [0.4, 0.5) is 5.82 Å². The molecule has 0 saturated carbocycles. The van der Waals surface area contributed by atoms with Gasteiger partial charge in [0.25, 0.3) is 0 Å². The fourth-order valence-corrected chi connectivity index (χ4v) is 3.60. The fourth-order valence-electron chi connectivity index (χ4n) is 1.91. The molecule has 1 atom stereocenters. The molecule has 20 heavy (non-hydrogen) atoms. The van der Waals surface area contributed by atoms with E-state index in [9.17, 15) is 8.42 Å².